The van der Waals surface area contributed by atoms with Gasteiger partial charge in [-0.2, -0.15) is 5.26 Å². The lowest BCUT2D eigenvalue weighted by atomic mass is 10.2. The molecule has 1 atom stereocenters. The maximum atomic E-state index is 13.2. The van der Waals surface area contributed by atoms with Crippen LogP contribution < -0.4 is 10.6 Å². The number of hydrogen-bond acceptors (Lipinski definition) is 2. The van der Waals surface area contributed by atoms with Crippen molar-refractivity contribution in [1.29, 1.82) is 5.26 Å². The van der Waals surface area contributed by atoms with Gasteiger partial charge in [0.2, 0.25) is 0 Å². The van der Waals surface area contributed by atoms with E-state index >= 15 is 0 Å². The summed E-state index contributed by atoms with van der Waals surface area (Å²) in [4.78, 5) is 11.5. The molecule has 6 heteroatoms. The molecule has 1 aromatic carbocycles. The molecule has 0 saturated heterocycles. The second-order valence-electron chi connectivity index (χ2n) is 3.69. The fraction of sp³-hybridized carbons (Fsp3) is 0.333. The van der Waals surface area contributed by atoms with Crippen LogP contribution in [0.4, 0.5) is 19.3 Å². The minimum Gasteiger partial charge on any atom is -0.334 e. The number of carbonyl (C=O) groups is 1. The van der Waals surface area contributed by atoms with Crippen LogP contribution in [0.25, 0.3) is 0 Å². The summed E-state index contributed by atoms with van der Waals surface area (Å²) in [5.74, 6) is -1.56. The van der Waals surface area contributed by atoms with E-state index in [0.29, 0.717) is 12.5 Å². The largest absolute Gasteiger partial charge is 0.334 e. The molecule has 0 aliphatic carbocycles. The summed E-state index contributed by atoms with van der Waals surface area (Å²) in [6, 6.07) is 3.89. The summed E-state index contributed by atoms with van der Waals surface area (Å²) in [7, 11) is 0. The van der Waals surface area contributed by atoms with Crippen molar-refractivity contribution in [3.63, 3.8) is 0 Å². The van der Waals surface area contributed by atoms with E-state index < -0.39 is 17.7 Å². The fourth-order valence-corrected chi connectivity index (χ4v) is 1.34. The summed E-state index contributed by atoms with van der Waals surface area (Å²) in [6.45, 7) is 1.82. The highest BCUT2D eigenvalue weighted by Gasteiger charge is 2.12. The molecule has 1 aromatic rings. The van der Waals surface area contributed by atoms with Crippen molar-refractivity contribution in [3.05, 3.63) is 29.8 Å². The van der Waals surface area contributed by atoms with Crippen molar-refractivity contribution in [2.75, 3.05) is 5.32 Å². The molecular weight excluding hydrogens is 240 g/mol. The molecule has 0 aromatic heterocycles. The Bertz CT molecular complexity index is 471. The molecule has 0 aliphatic heterocycles. The zero-order valence-electron chi connectivity index (χ0n) is 9.84. The van der Waals surface area contributed by atoms with E-state index in [0.717, 1.165) is 12.1 Å². The van der Waals surface area contributed by atoms with E-state index in [2.05, 4.69) is 10.6 Å². The van der Waals surface area contributed by atoms with Gasteiger partial charge in [0, 0.05) is 12.1 Å². The van der Waals surface area contributed by atoms with E-state index in [9.17, 15) is 13.6 Å². The van der Waals surface area contributed by atoms with Crippen LogP contribution in [-0.2, 0) is 0 Å². The standard InChI is InChI=1S/C12H13F2N3O/c1-2-9(5-6-15)16-12(18)17-11-4-3-8(13)7-10(11)14/h3-4,7,9H,2,5H2,1H3,(H2,16,17,18). The van der Waals surface area contributed by atoms with Crippen molar-refractivity contribution in [2.24, 2.45) is 0 Å². The number of urea groups is 1. The normalized spacial score (nSPS) is 11.4. The number of nitrogens with zero attached hydrogens (tertiary/aromatic N) is 1. The van der Waals surface area contributed by atoms with Crippen LogP contribution in [0, 0.1) is 23.0 Å². The third kappa shape index (κ3) is 4.01. The highest BCUT2D eigenvalue weighted by molar-refractivity contribution is 5.89. The zero-order chi connectivity index (χ0) is 13.5. The number of nitriles is 1. The monoisotopic (exact) mass is 253 g/mol. The number of nitrogens with one attached hydrogen (secondary N) is 2. The van der Waals surface area contributed by atoms with Gasteiger partial charge in [0.05, 0.1) is 18.2 Å². The van der Waals surface area contributed by atoms with Crippen molar-refractivity contribution < 1.29 is 13.6 Å². The molecule has 0 aliphatic rings. The van der Waals surface area contributed by atoms with Crippen LogP contribution in [-0.4, -0.2) is 12.1 Å². The predicted octanol–water partition coefficient (Wildman–Crippen LogP) is 2.78. The summed E-state index contributed by atoms with van der Waals surface area (Å²) in [5.41, 5.74) is -0.110. The number of anilines is 1. The molecule has 0 saturated carbocycles. The van der Waals surface area contributed by atoms with Crippen molar-refractivity contribution in [3.8, 4) is 6.07 Å². The minimum absolute atomic E-state index is 0.110. The number of carbonyl (C=O) groups excluding carboxylic acids is 1. The lowest BCUT2D eigenvalue weighted by Crippen LogP contribution is -2.37. The average Bonchev–Trinajstić information content (AvgIpc) is 2.32. The summed E-state index contributed by atoms with van der Waals surface area (Å²) >= 11 is 0. The van der Waals surface area contributed by atoms with Crippen molar-refractivity contribution in [2.45, 2.75) is 25.8 Å². The van der Waals surface area contributed by atoms with E-state index in [-0.39, 0.29) is 18.2 Å². The first-order chi connectivity index (χ1) is 8.56. The average molecular weight is 253 g/mol. The molecule has 18 heavy (non-hydrogen) atoms. The van der Waals surface area contributed by atoms with Crippen LogP contribution >= 0.6 is 0 Å². The van der Waals surface area contributed by atoms with E-state index in [4.69, 9.17) is 5.26 Å². The van der Waals surface area contributed by atoms with Gasteiger partial charge in [-0.3, -0.25) is 0 Å². The first-order valence-corrected chi connectivity index (χ1v) is 5.46. The second kappa shape index (κ2) is 6.55. The molecule has 96 valence electrons. The maximum absolute atomic E-state index is 13.2. The molecule has 0 fully saturated rings. The Labute approximate surface area is 104 Å². The Morgan fingerprint density at radius 3 is 2.78 bits per heavy atom. The molecule has 0 bridgehead atoms. The minimum atomic E-state index is -0.849. The van der Waals surface area contributed by atoms with Gasteiger partial charge in [0.1, 0.15) is 11.6 Å². The maximum Gasteiger partial charge on any atom is 0.319 e. The molecule has 0 radical (unpaired) electrons. The Morgan fingerprint density at radius 1 is 1.50 bits per heavy atom. The fourth-order valence-electron chi connectivity index (χ4n) is 1.34. The molecular formula is C12H13F2N3O. The number of rotatable bonds is 4. The van der Waals surface area contributed by atoms with E-state index in [1.165, 1.54) is 0 Å². The lowest BCUT2D eigenvalue weighted by molar-refractivity contribution is 0.248. The van der Waals surface area contributed by atoms with E-state index in [1.807, 2.05) is 13.0 Å². The summed E-state index contributed by atoms with van der Waals surface area (Å²) < 4.78 is 25.9. The van der Waals surface area contributed by atoms with Crippen molar-refractivity contribution in [1.82, 2.24) is 5.32 Å². The SMILES string of the molecule is CCC(CC#N)NC(=O)Nc1ccc(F)cc1F. The van der Waals surface area contributed by atoms with Crippen LogP contribution in [0.3, 0.4) is 0 Å². The van der Waals surface area contributed by atoms with Crippen molar-refractivity contribution >= 4 is 11.7 Å². The molecule has 1 rings (SSSR count). The van der Waals surface area contributed by atoms with Gasteiger partial charge in [0.15, 0.2) is 0 Å². The summed E-state index contributed by atoms with van der Waals surface area (Å²) in [6.07, 6.45) is 0.767. The topological polar surface area (TPSA) is 64.9 Å². The Hall–Kier alpha value is -2.16. The van der Waals surface area contributed by atoms with Gasteiger partial charge in [0.25, 0.3) is 0 Å². The second-order valence-corrected chi connectivity index (χ2v) is 3.69. The van der Waals surface area contributed by atoms with Crippen LogP contribution in [0.15, 0.2) is 18.2 Å². The summed E-state index contributed by atoms with van der Waals surface area (Å²) in [5, 5.41) is 13.3. The van der Waals surface area contributed by atoms with Gasteiger partial charge >= 0.3 is 6.03 Å². The molecule has 0 spiro atoms. The lowest BCUT2D eigenvalue weighted by Gasteiger charge is -2.14. The number of amides is 2. The highest BCUT2D eigenvalue weighted by Crippen LogP contribution is 2.14. The van der Waals surface area contributed by atoms with Gasteiger partial charge in [-0.15, -0.1) is 0 Å². The third-order valence-electron chi connectivity index (χ3n) is 2.35. The Morgan fingerprint density at radius 2 is 2.22 bits per heavy atom. The zero-order valence-corrected chi connectivity index (χ0v) is 9.84. The number of halogens is 2. The molecule has 4 nitrogen and oxygen atoms in total. The number of hydrogen-bond donors (Lipinski definition) is 2. The third-order valence-corrected chi connectivity index (χ3v) is 2.35. The van der Waals surface area contributed by atoms with Crippen LogP contribution in [0.2, 0.25) is 0 Å². The highest BCUT2D eigenvalue weighted by atomic mass is 19.1. The molecule has 2 N–H and O–H groups in total. The van der Waals surface area contributed by atoms with Gasteiger partial charge in [-0.1, -0.05) is 6.92 Å². The number of benzene rings is 1. The molecule has 0 heterocycles. The predicted molar refractivity (Wildman–Crippen MR) is 62.8 cm³/mol. The molecule has 1 unspecified atom stereocenters. The van der Waals surface area contributed by atoms with Crippen LogP contribution in [0.5, 0.6) is 0 Å². The van der Waals surface area contributed by atoms with E-state index in [1.54, 1.807) is 0 Å². The Kier molecular flexibility index (Phi) is 5.06. The Balaban J connectivity index is 2.62. The van der Waals surface area contributed by atoms with Gasteiger partial charge < -0.3 is 10.6 Å². The van der Waals surface area contributed by atoms with Gasteiger partial charge in [-0.05, 0) is 18.6 Å². The quantitative estimate of drug-likeness (QED) is 0.866. The first-order valence-electron chi connectivity index (χ1n) is 5.46. The van der Waals surface area contributed by atoms with Crippen LogP contribution in [0.1, 0.15) is 19.8 Å². The molecule has 2 amide bonds. The smallest absolute Gasteiger partial charge is 0.319 e. The van der Waals surface area contributed by atoms with Gasteiger partial charge in [-0.25, -0.2) is 13.6 Å². The first kappa shape index (κ1) is 13.9.